The van der Waals surface area contributed by atoms with Crippen molar-refractivity contribution in [3.8, 4) is 22.4 Å². The number of halogens is 1. The molecule has 6 nitrogen and oxygen atoms in total. The summed E-state index contributed by atoms with van der Waals surface area (Å²) >= 11 is 3.80. The van der Waals surface area contributed by atoms with Crippen LogP contribution < -0.4 is 5.32 Å². The van der Waals surface area contributed by atoms with E-state index < -0.39 is 0 Å². The molecule has 3 heterocycles. The van der Waals surface area contributed by atoms with Crippen molar-refractivity contribution in [1.29, 1.82) is 0 Å². The van der Waals surface area contributed by atoms with Gasteiger partial charge in [0.05, 0.1) is 22.1 Å². The molecule has 0 saturated heterocycles. The van der Waals surface area contributed by atoms with Crippen molar-refractivity contribution in [2.75, 3.05) is 12.4 Å². The maximum absolute atomic E-state index is 5.14. The molecule has 3 aromatic heterocycles. The number of nitrogens with one attached hydrogen (secondary N) is 2. The number of anilines is 1. The van der Waals surface area contributed by atoms with Gasteiger partial charge < -0.3 is 5.32 Å². The largest absolute Gasteiger partial charge is 0.373 e. The van der Waals surface area contributed by atoms with Gasteiger partial charge in [-0.1, -0.05) is 25.8 Å². The zero-order chi connectivity index (χ0) is 22.5. The van der Waals surface area contributed by atoms with Gasteiger partial charge in [-0.25, -0.2) is 0 Å². The summed E-state index contributed by atoms with van der Waals surface area (Å²) in [4.78, 5) is 14.0. The minimum atomic E-state index is 0.422. The molecule has 4 rings (SSSR count). The van der Waals surface area contributed by atoms with Crippen LogP contribution in [0.25, 0.3) is 22.4 Å². The van der Waals surface area contributed by atoms with E-state index in [9.17, 15) is 0 Å². The number of H-pyrrole nitrogens is 1. The number of nitrogens with zero attached hydrogens (tertiary/aromatic N) is 4. The van der Waals surface area contributed by atoms with Gasteiger partial charge in [0.2, 0.25) is 0 Å². The second-order valence-electron chi connectivity index (χ2n) is 8.44. The highest BCUT2D eigenvalue weighted by Crippen LogP contribution is 2.39. The van der Waals surface area contributed by atoms with Crippen LogP contribution in [0.3, 0.4) is 0 Å². The van der Waals surface area contributed by atoms with Gasteiger partial charge in [0.1, 0.15) is 5.82 Å². The van der Waals surface area contributed by atoms with Crippen LogP contribution in [0.4, 0.5) is 5.82 Å². The molecule has 0 radical (unpaired) electrons. The van der Waals surface area contributed by atoms with E-state index in [1.54, 1.807) is 6.20 Å². The molecule has 0 amide bonds. The van der Waals surface area contributed by atoms with Gasteiger partial charge in [0, 0.05) is 53.9 Å². The highest BCUT2D eigenvalue weighted by Gasteiger charge is 2.23. The predicted molar refractivity (Wildman–Crippen MR) is 133 cm³/mol. The molecule has 1 saturated carbocycles. The average molecular weight is 493 g/mol. The molecule has 0 spiro atoms. The van der Waals surface area contributed by atoms with Gasteiger partial charge in [-0.05, 0) is 59.8 Å². The third kappa shape index (κ3) is 4.99. The lowest BCUT2D eigenvalue weighted by Crippen LogP contribution is -2.13. The summed E-state index contributed by atoms with van der Waals surface area (Å²) in [6.45, 7) is 4.39. The Morgan fingerprint density at radius 2 is 1.84 bits per heavy atom. The monoisotopic (exact) mass is 492 g/mol. The molecule has 0 bridgehead atoms. The molecule has 1 fully saturated rings. The number of rotatable bonds is 4. The molecule has 0 unspecified atom stereocenters. The second kappa shape index (κ2) is 10.2. The van der Waals surface area contributed by atoms with Crippen LogP contribution in [-0.2, 0) is 0 Å². The van der Waals surface area contributed by atoms with E-state index in [0.29, 0.717) is 5.92 Å². The molecular weight excluding hydrogens is 464 g/mol. The van der Waals surface area contributed by atoms with Crippen molar-refractivity contribution >= 4 is 21.7 Å². The fraction of sp³-hybridized carbons (Fsp3) is 0.360. The van der Waals surface area contributed by atoms with E-state index >= 15 is 0 Å². The summed E-state index contributed by atoms with van der Waals surface area (Å²) in [7, 11) is 1.89. The van der Waals surface area contributed by atoms with Crippen LogP contribution >= 0.6 is 15.9 Å². The molecule has 32 heavy (non-hydrogen) atoms. The molecule has 1 aliphatic carbocycles. The fourth-order valence-electron chi connectivity index (χ4n) is 4.21. The van der Waals surface area contributed by atoms with E-state index in [-0.39, 0.29) is 0 Å². The van der Waals surface area contributed by atoms with Crippen LogP contribution in [0.1, 0.15) is 49.9 Å². The summed E-state index contributed by atoms with van der Waals surface area (Å²) in [5, 5.41) is 10.8. The Kier molecular flexibility index (Phi) is 7.15. The molecule has 166 valence electrons. The van der Waals surface area contributed by atoms with Gasteiger partial charge in [-0.15, -0.1) is 0 Å². The van der Waals surface area contributed by atoms with Gasteiger partial charge in [-0.3, -0.25) is 20.1 Å². The molecule has 0 aliphatic heterocycles. The zero-order valence-electron chi connectivity index (χ0n) is 18.8. The first-order chi connectivity index (χ1) is 15.6. The SMILES string of the molecule is CNc1[nH]ncc(-c2ccc(-c3cccnc3)nc2)c(C)nc(C2CCC(C)CC2)c1Br. The first-order valence-electron chi connectivity index (χ1n) is 11.1. The number of pyridine rings is 2. The number of hydrogen-bond acceptors (Lipinski definition) is 5. The zero-order valence-corrected chi connectivity index (χ0v) is 20.4. The van der Waals surface area contributed by atoms with E-state index in [4.69, 9.17) is 4.98 Å². The number of hydrogen-bond donors (Lipinski definition) is 2. The van der Waals surface area contributed by atoms with E-state index in [1.165, 1.54) is 12.8 Å². The third-order valence-electron chi connectivity index (χ3n) is 6.18. The summed E-state index contributed by atoms with van der Waals surface area (Å²) in [6, 6.07) is 8.01. The second-order valence-corrected chi connectivity index (χ2v) is 9.23. The smallest absolute Gasteiger partial charge is 0.135 e. The normalized spacial score (nSPS) is 18.1. The van der Waals surface area contributed by atoms with Crippen LogP contribution in [0.2, 0.25) is 0 Å². The van der Waals surface area contributed by atoms with Crippen molar-refractivity contribution in [3.63, 3.8) is 0 Å². The maximum atomic E-state index is 5.14. The lowest BCUT2D eigenvalue weighted by atomic mass is 9.81. The Labute approximate surface area is 197 Å². The van der Waals surface area contributed by atoms with Gasteiger partial charge in [0.25, 0.3) is 0 Å². The van der Waals surface area contributed by atoms with E-state index in [0.717, 1.165) is 62.8 Å². The minimum Gasteiger partial charge on any atom is -0.373 e. The summed E-state index contributed by atoms with van der Waals surface area (Å²) in [6.07, 6.45) is 12.1. The number of aromatic amines is 1. The molecular formula is C25H29BrN6. The minimum absolute atomic E-state index is 0.422. The molecule has 0 atom stereocenters. The predicted octanol–water partition coefficient (Wildman–Crippen LogP) is 6.46. The van der Waals surface area contributed by atoms with E-state index in [1.807, 2.05) is 50.8 Å². The van der Waals surface area contributed by atoms with Crippen molar-refractivity contribution in [2.24, 2.45) is 5.92 Å². The Morgan fingerprint density at radius 1 is 1.03 bits per heavy atom. The first kappa shape index (κ1) is 22.4. The molecule has 3 aromatic rings. The number of aryl methyl sites for hydroxylation is 1. The van der Waals surface area contributed by atoms with Crippen LogP contribution in [0.15, 0.2) is 53.5 Å². The van der Waals surface area contributed by atoms with E-state index in [2.05, 4.69) is 54.4 Å². The van der Waals surface area contributed by atoms with Crippen molar-refractivity contribution < 1.29 is 0 Å². The Hall–Kier alpha value is -2.80. The highest BCUT2D eigenvalue weighted by molar-refractivity contribution is 9.10. The summed E-state index contributed by atoms with van der Waals surface area (Å²) < 4.78 is 0.947. The van der Waals surface area contributed by atoms with Crippen molar-refractivity contribution in [3.05, 3.63) is 64.9 Å². The lowest BCUT2D eigenvalue weighted by Gasteiger charge is -2.26. The van der Waals surface area contributed by atoms with Crippen molar-refractivity contribution in [2.45, 2.75) is 45.4 Å². The Bertz CT molecular complexity index is 1100. The maximum Gasteiger partial charge on any atom is 0.135 e. The molecule has 1 aliphatic rings. The standard InChI is InChI=1S/C25H29BrN6/c1-16-6-8-18(9-7-16)24-23(26)25(27-3)32-30-15-21(17(2)31-24)19-10-11-22(29-14-19)20-5-4-12-28-13-20/h4-5,10-16,18,27,32H,6-9H2,1-3H3. The lowest BCUT2D eigenvalue weighted by molar-refractivity contribution is 0.343. The summed E-state index contributed by atoms with van der Waals surface area (Å²) in [5.74, 6) is 2.02. The topological polar surface area (TPSA) is 79.4 Å². The van der Waals surface area contributed by atoms with Crippen molar-refractivity contribution in [1.82, 2.24) is 25.1 Å². The van der Waals surface area contributed by atoms with Gasteiger partial charge in [0.15, 0.2) is 0 Å². The first-order valence-corrected chi connectivity index (χ1v) is 11.9. The molecule has 2 N–H and O–H groups in total. The average Bonchev–Trinajstić information content (AvgIpc) is 2.89. The Balaban J connectivity index is 1.79. The van der Waals surface area contributed by atoms with Crippen LogP contribution in [0, 0.1) is 12.8 Å². The molecule has 0 aromatic carbocycles. The highest BCUT2D eigenvalue weighted by atomic mass is 79.9. The van der Waals surface area contributed by atoms with Gasteiger partial charge >= 0.3 is 0 Å². The van der Waals surface area contributed by atoms with Crippen LogP contribution in [0.5, 0.6) is 0 Å². The fourth-order valence-corrected chi connectivity index (χ4v) is 4.91. The summed E-state index contributed by atoms with van der Waals surface area (Å²) in [5.41, 5.74) is 5.81. The van der Waals surface area contributed by atoms with Crippen LogP contribution in [-0.4, -0.2) is 32.2 Å². The van der Waals surface area contributed by atoms with Gasteiger partial charge in [-0.2, -0.15) is 5.10 Å². The molecule has 7 heteroatoms. The Morgan fingerprint density at radius 3 is 2.50 bits per heavy atom. The third-order valence-corrected chi connectivity index (χ3v) is 6.98. The number of aromatic nitrogens is 5. The quantitative estimate of drug-likeness (QED) is 0.436.